The first kappa shape index (κ1) is 20.1. The summed E-state index contributed by atoms with van der Waals surface area (Å²) in [5.41, 5.74) is 1.45. The highest BCUT2D eigenvalue weighted by Gasteiger charge is 2.18. The Labute approximate surface area is 179 Å². The average Bonchev–Trinajstić information content (AvgIpc) is 3.04. The van der Waals surface area contributed by atoms with Crippen molar-refractivity contribution >= 4 is 62.7 Å². The number of aliphatic hydroxyl groups excluding tert-OH is 1. The summed E-state index contributed by atoms with van der Waals surface area (Å²) in [6.45, 7) is -0.161. The maximum absolute atomic E-state index is 12.8. The van der Waals surface area contributed by atoms with Crippen molar-refractivity contribution in [2.45, 2.75) is 0 Å². The van der Waals surface area contributed by atoms with Crippen LogP contribution in [-0.2, 0) is 7.05 Å². The molecule has 0 unspecified atom stereocenters. The highest BCUT2D eigenvalue weighted by Crippen LogP contribution is 2.33. The van der Waals surface area contributed by atoms with Crippen LogP contribution in [0.15, 0.2) is 35.1 Å². The van der Waals surface area contributed by atoms with Crippen LogP contribution in [0.2, 0.25) is 10.0 Å². The van der Waals surface area contributed by atoms with Crippen LogP contribution in [0.5, 0.6) is 0 Å². The number of anilines is 2. The monoisotopic (exact) mass is 446 g/mol. The van der Waals surface area contributed by atoms with E-state index < -0.39 is 11.5 Å². The van der Waals surface area contributed by atoms with E-state index in [1.807, 2.05) is 0 Å². The lowest BCUT2D eigenvalue weighted by Crippen LogP contribution is -2.30. The molecule has 154 valence electrons. The molecule has 0 saturated carbocycles. The van der Waals surface area contributed by atoms with E-state index in [1.165, 1.54) is 0 Å². The van der Waals surface area contributed by atoms with Crippen molar-refractivity contribution in [3.63, 3.8) is 0 Å². The Hall–Kier alpha value is -3.14. The number of nitrogens with zero attached hydrogens (tertiary/aromatic N) is 3. The Balaban J connectivity index is 1.84. The van der Waals surface area contributed by atoms with Crippen LogP contribution in [0, 0.1) is 0 Å². The number of nitrogens with one attached hydrogen (secondary N) is 3. The van der Waals surface area contributed by atoms with Crippen LogP contribution in [0.1, 0.15) is 10.6 Å². The smallest absolute Gasteiger partial charge is 0.287 e. The van der Waals surface area contributed by atoms with Crippen LogP contribution < -0.4 is 16.2 Å². The molecular weight excluding hydrogens is 431 g/mol. The maximum atomic E-state index is 12.8. The number of halogens is 2. The first-order valence-electron chi connectivity index (χ1n) is 8.90. The molecule has 0 aliphatic carbocycles. The minimum absolute atomic E-state index is 0.0565. The number of aromatic nitrogens is 4. The molecule has 2 aromatic heterocycles. The SMILES string of the molecule is Cn1c(Nc2c(Cl)cccc2Cl)nc2ccc3nc(C(=O)NCCO)[nH]c(=O)c3c21. The zero-order valence-corrected chi connectivity index (χ0v) is 17.2. The zero-order valence-electron chi connectivity index (χ0n) is 15.7. The number of aromatic amines is 1. The molecular formula is C19H16Cl2N6O3. The Morgan fingerprint density at radius 1 is 1.17 bits per heavy atom. The van der Waals surface area contributed by atoms with E-state index in [-0.39, 0.29) is 19.0 Å². The molecule has 4 aromatic rings. The third-order valence-corrected chi connectivity index (χ3v) is 5.15. The van der Waals surface area contributed by atoms with Crippen molar-refractivity contribution in [3.8, 4) is 0 Å². The zero-order chi connectivity index (χ0) is 21.4. The van der Waals surface area contributed by atoms with Crippen LogP contribution in [0.4, 0.5) is 11.6 Å². The normalized spacial score (nSPS) is 11.2. The summed E-state index contributed by atoms with van der Waals surface area (Å²) in [5, 5.41) is 15.5. The van der Waals surface area contributed by atoms with Crippen molar-refractivity contribution in [1.82, 2.24) is 24.8 Å². The Morgan fingerprint density at radius 2 is 1.87 bits per heavy atom. The van der Waals surface area contributed by atoms with E-state index in [1.54, 1.807) is 41.9 Å². The van der Waals surface area contributed by atoms with Crippen molar-refractivity contribution in [1.29, 1.82) is 0 Å². The molecule has 2 aromatic carbocycles. The number of hydrogen-bond donors (Lipinski definition) is 4. The number of carbonyl (C=O) groups is 1. The number of rotatable bonds is 5. The molecule has 0 atom stereocenters. The molecule has 9 nitrogen and oxygen atoms in total. The second kappa shape index (κ2) is 7.94. The summed E-state index contributed by atoms with van der Waals surface area (Å²) in [7, 11) is 1.74. The fraction of sp³-hybridized carbons (Fsp3) is 0.158. The van der Waals surface area contributed by atoms with E-state index in [9.17, 15) is 9.59 Å². The third-order valence-electron chi connectivity index (χ3n) is 4.52. The fourth-order valence-electron chi connectivity index (χ4n) is 3.13. The number of fused-ring (bicyclic) bond motifs is 3. The first-order chi connectivity index (χ1) is 14.4. The lowest BCUT2D eigenvalue weighted by molar-refractivity contribution is 0.0934. The van der Waals surface area contributed by atoms with Gasteiger partial charge >= 0.3 is 0 Å². The van der Waals surface area contributed by atoms with E-state index in [0.29, 0.717) is 43.6 Å². The number of hydrogen-bond acceptors (Lipinski definition) is 6. The molecule has 0 fully saturated rings. The number of para-hydroxylation sites is 1. The van der Waals surface area contributed by atoms with Gasteiger partial charge in [0.05, 0.1) is 44.3 Å². The minimum atomic E-state index is -0.580. The Kier molecular flexibility index (Phi) is 5.33. The van der Waals surface area contributed by atoms with E-state index in [2.05, 4.69) is 25.6 Å². The highest BCUT2D eigenvalue weighted by atomic mass is 35.5. The van der Waals surface area contributed by atoms with Gasteiger partial charge in [-0.3, -0.25) is 9.59 Å². The van der Waals surface area contributed by atoms with Gasteiger partial charge in [-0.1, -0.05) is 29.3 Å². The maximum Gasteiger partial charge on any atom is 0.287 e. The van der Waals surface area contributed by atoms with Crippen molar-refractivity contribution in [2.24, 2.45) is 7.05 Å². The molecule has 0 aliphatic heterocycles. The van der Waals surface area contributed by atoms with Crippen LogP contribution in [0.25, 0.3) is 21.9 Å². The number of amides is 1. The topological polar surface area (TPSA) is 125 Å². The first-order valence-corrected chi connectivity index (χ1v) is 9.66. The van der Waals surface area contributed by atoms with Crippen LogP contribution in [-0.4, -0.2) is 43.7 Å². The van der Waals surface area contributed by atoms with Crippen molar-refractivity contribution in [3.05, 3.63) is 56.6 Å². The molecule has 2 heterocycles. The summed E-state index contributed by atoms with van der Waals surface area (Å²) >= 11 is 12.5. The van der Waals surface area contributed by atoms with Gasteiger partial charge in [0, 0.05) is 13.6 Å². The summed E-state index contributed by atoms with van der Waals surface area (Å²) in [6.07, 6.45) is 0. The molecule has 0 saturated heterocycles. The van der Waals surface area contributed by atoms with E-state index in [4.69, 9.17) is 28.3 Å². The average molecular weight is 447 g/mol. The van der Waals surface area contributed by atoms with Gasteiger partial charge in [-0.05, 0) is 24.3 Å². The second-order valence-electron chi connectivity index (χ2n) is 6.44. The number of H-pyrrole nitrogens is 1. The number of benzene rings is 2. The van der Waals surface area contributed by atoms with Gasteiger partial charge in [0.25, 0.3) is 11.5 Å². The van der Waals surface area contributed by atoms with E-state index >= 15 is 0 Å². The standard InChI is InChI=1S/C19H16Cl2N6O3/c1-27-15-12(24-19(27)25-14-9(20)3-2-4-10(14)21)6-5-11-13(15)17(29)26-16(23-11)18(30)22-7-8-28/h2-6,28H,7-8H2,1H3,(H,22,30)(H,24,25)(H,23,26,29). The molecule has 0 radical (unpaired) electrons. The second-order valence-corrected chi connectivity index (χ2v) is 7.25. The van der Waals surface area contributed by atoms with Gasteiger partial charge in [-0.2, -0.15) is 0 Å². The van der Waals surface area contributed by atoms with Gasteiger partial charge in [0.2, 0.25) is 5.95 Å². The number of imidazole rings is 1. The molecule has 1 amide bonds. The minimum Gasteiger partial charge on any atom is -0.395 e. The van der Waals surface area contributed by atoms with Crippen molar-refractivity contribution in [2.75, 3.05) is 18.5 Å². The van der Waals surface area contributed by atoms with Gasteiger partial charge in [-0.25, -0.2) is 9.97 Å². The highest BCUT2D eigenvalue weighted by molar-refractivity contribution is 6.39. The van der Waals surface area contributed by atoms with Crippen LogP contribution in [0.3, 0.4) is 0 Å². The molecule has 0 spiro atoms. The van der Waals surface area contributed by atoms with Gasteiger partial charge in [-0.15, -0.1) is 0 Å². The third kappa shape index (κ3) is 3.47. The molecule has 4 N–H and O–H groups in total. The Bertz CT molecular complexity index is 1330. The van der Waals surface area contributed by atoms with Gasteiger partial charge < -0.3 is 25.3 Å². The summed E-state index contributed by atoms with van der Waals surface area (Å²) < 4.78 is 1.69. The van der Waals surface area contributed by atoms with Gasteiger partial charge in [0.1, 0.15) is 0 Å². The molecule has 0 bridgehead atoms. The summed E-state index contributed by atoms with van der Waals surface area (Å²) in [4.78, 5) is 36.2. The van der Waals surface area contributed by atoms with Crippen molar-refractivity contribution < 1.29 is 9.90 Å². The number of aryl methyl sites for hydroxylation is 1. The largest absolute Gasteiger partial charge is 0.395 e. The lowest BCUT2D eigenvalue weighted by atomic mass is 10.2. The number of carbonyl (C=O) groups excluding carboxylic acids is 1. The summed E-state index contributed by atoms with van der Waals surface area (Å²) in [5.74, 6) is -0.288. The van der Waals surface area contributed by atoms with Crippen LogP contribution >= 0.6 is 23.2 Å². The summed E-state index contributed by atoms with van der Waals surface area (Å²) in [6, 6.07) is 8.46. The predicted octanol–water partition coefficient (Wildman–Crippen LogP) is 2.58. The quantitative estimate of drug-likeness (QED) is 0.373. The molecule has 0 aliphatic rings. The fourth-order valence-corrected chi connectivity index (χ4v) is 3.62. The lowest BCUT2D eigenvalue weighted by Gasteiger charge is -2.10. The van der Waals surface area contributed by atoms with E-state index in [0.717, 1.165) is 0 Å². The Morgan fingerprint density at radius 3 is 2.57 bits per heavy atom. The number of aliphatic hydroxyl groups is 1. The predicted molar refractivity (Wildman–Crippen MR) is 116 cm³/mol. The molecule has 11 heteroatoms. The molecule has 30 heavy (non-hydrogen) atoms. The van der Waals surface area contributed by atoms with Gasteiger partial charge in [0.15, 0.2) is 5.82 Å². The molecule has 4 rings (SSSR count).